The number of rotatable bonds is 6. The Morgan fingerprint density at radius 3 is 2.52 bits per heavy atom. The van der Waals surface area contributed by atoms with Crippen LogP contribution in [0.2, 0.25) is 0 Å². The summed E-state index contributed by atoms with van der Waals surface area (Å²) in [5, 5.41) is 2.48. The van der Waals surface area contributed by atoms with E-state index in [1.165, 1.54) is 6.07 Å². The summed E-state index contributed by atoms with van der Waals surface area (Å²) in [6.07, 6.45) is 0. The van der Waals surface area contributed by atoms with Crippen LogP contribution < -0.4 is 5.32 Å². The van der Waals surface area contributed by atoms with Crippen molar-refractivity contribution < 1.29 is 22.0 Å². The van der Waals surface area contributed by atoms with E-state index in [0.717, 1.165) is 16.6 Å². The predicted molar refractivity (Wildman–Crippen MR) is 94.5 cm³/mol. The summed E-state index contributed by atoms with van der Waals surface area (Å²) in [5.74, 6) is -3.67. The highest BCUT2D eigenvalue weighted by atomic mass is 79.9. The molecule has 8 heteroatoms. The molecular weight excluding hydrogens is 416 g/mol. The van der Waals surface area contributed by atoms with Crippen molar-refractivity contribution in [3.63, 3.8) is 0 Å². The van der Waals surface area contributed by atoms with Crippen molar-refractivity contribution in [3.8, 4) is 0 Å². The molecule has 0 aliphatic heterocycles. The van der Waals surface area contributed by atoms with Gasteiger partial charge in [0.15, 0.2) is 21.5 Å². The first-order valence-electron chi connectivity index (χ1n) is 7.35. The quantitative estimate of drug-likeness (QED) is 0.760. The molecule has 1 N–H and O–H groups in total. The van der Waals surface area contributed by atoms with Gasteiger partial charge in [0.25, 0.3) is 0 Å². The van der Waals surface area contributed by atoms with Gasteiger partial charge in [-0.1, -0.05) is 34.1 Å². The summed E-state index contributed by atoms with van der Waals surface area (Å²) in [7, 11) is -3.66. The third-order valence-corrected chi connectivity index (χ3v) is 5.42. The molecule has 0 radical (unpaired) electrons. The highest BCUT2D eigenvalue weighted by molar-refractivity contribution is 9.10. The second-order valence-electron chi connectivity index (χ2n) is 5.62. The molecule has 1 amide bonds. The Bertz CT molecular complexity index is 887. The van der Waals surface area contributed by atoms with E-state index in [-0.39, 0.29) is 5.75 Å². The molecule has 134 valence electrons. The smallest absolute Gasteiger partial charge is 0.235 e. The van der Waals surface area contributed by atoms with Gasteiger partial charge in [0.1, 0.15) is 5.75 Å². The Kier molecular flexibility index (Phi) is 6.29. The molecule has 0 saturated carbocycles. The molecule has 2 aromatic rings. The van der Waals surface area contributed by atoms with Gasteiger partial charge in [-0.25, -0.2) is 17.2 Å². The molecule has 0 bridgehead atoms. The Morgan fingerprint density at radius 1 is 1.16 bits per heavy atom. The largest absolute Gasteiger partial charge is 0.349 e. The van der Waals surface area contributed by atoms with Crippen molar-refractivity contribution in [2.24, 2.45) is 0 Å². The first-order valence-corrected chi connectivity index (χ1v) is 9.97. The Hall–Kier alpha value is -1.80. The third-order valence-electron chi connectivity index (χ3n) is 3.45. The molecular formula is C17H16BrF2NO3S. The fourth-order valence-corrected chi connectivity index (χ4v) is 4.00. The number of amides is 1. The molecule has 0 aliphatic rings. The average molecular weight is 432 g/mol. The molecule has 0 saturated heterocycles. The number of nitrogens with one attached hydrogen (secondary N) is 1. The van der Waals surface area contributed by atoms with Crippen LogP contribution in [0.25, 0.3) is 0 Å². The third kappa shape index (κ3) is 5.89. The zero-order valence-corrected chi connectivity index (χ0v) is 15.7. The van der Waals surface area contributed by atoms with E-state index in [2.05, 4.69) is 21.2 Å². The predicted octanol–water partition coefficient (Wildman–Crippen LogP) is 3.52. The number of halogens is 3. The Morgan fingerprint density at radius 2 is 1.88 bits per heavy atom. The van der Waals surface area contributed by atoms with Gasteiger partial charge in [0.2, 0.25) is 5.91 Å². The summed E-state index contributed by atoms with van der Waals surface area (Å²) >= 11 is 3.26. The monoisotopic (exact) mass is 431 g/mol. The van der Waals surface area contributed by atoms with Gasteiger partial charge in [0, 0.05) is 4.47 Å². The molecule has 2 rings (SSSR count). The number of hydrogen-bond acceptors (Lipinski definition) is 3. The van der Waals surface area contributed by atoms with Gasteiger partial charge in [0.05, 0.1) is 11.8 Å². The van der Waals surface area contributed by atoms with Crippen molar-refractivity contribution >= 4 is 31.7 Å². The average Bonchev–Trinajstić information content (AvgIpc) is 2.48. The molecule has 0 spiro atoms. The van der Waals surface area contributed by atoms with E-state index in [0.29, 0.717) is 11.1 Å². The molecule has 0 fully saturated rings. The lowest BCUT2D eigenvalue weighted by atomic mass is 10.1. The number of benzene rings is 2. The Balaban J connectivity index is 1.99. The molecule has 0 aromatic heterocycles. The molecule has 25 heavy (non-hydrogen) atoms. The maximum absolute atomic E-state index is 13.2. The maximum atomic E-state index is 13.2. The van der Waals surface area contributed by atoms with Crippen LogP contribution in [0.3, 0.4) is 0 Å². The van der Waals surface area contributed by atoms with E-state index in [9.17, 15) is 22.0 Å². The standard InChI is InChI=1S/C17H16BrF2NO3S/c1-11(13-5-6-15(19)16(20)8-13)21-17(22)10-25(23,24)9-12-3-2-4-14(18)7-12/h2-8,11H,9-10H2,1H3,(H,21,22). The van der Waals surface area contributed by atoms with Gasteiger partial charge >= 0.3 is 0 Å². The summed E-state index contributed by atoms with van der Waals surface area (Å²) in [6, 6.07) is 9.41. The summed E-state index contributed by atoms with van der Waals surface area (Å²) in [4.78, 5) is 12.0. The Labute approximate surface area is 153 Å². The second kappa shape index (κ2) is 8.05. The van der Waals surface area contributed by atoms with Gasteiger partial charge in [-0.2, -0.15) is 0 Å². The normalized spacial score (nSPS) is 12.6. The molecule has 1 unspecified atom stereocenters. The van der Waals surface area contributed by atoms with Crippen LogP contribution in [0.4, 0.5) is 8.78 Å². The highest BCUT2D eigenvalue weighted by Gasteiger charge is 2.20. The molecule has 0 heterocycles. The van der Waals surface area contributed by atoms with E-state index in [1.807, 2.05) is 0 Å². The number of carbonyl (C=O) groups excluding carboxylic acids is 1. The number of carbonyl (C=O) groups is 1. The highest BCUT2D eigenvalue weighted by Crippen LogP contribution is 2.17. The summed E-state index contributed by atoms with van der Waals surface area (Å²) in [5.41, 5.74) is 0.910. The van der Waals surface area contributed by atoms with E-state index in [1.54, 1.807) is 31.2 Å². The molecule has 0 aliphatic carbocycles. The van der Waals surface area contributed by atoms with Crippen molar-refractivity contribution in [2.75, 3.05) is 5.75 Å². The van der Waals surface area contributed by atoms with Crippen LogP contribution in [0, 0.1) is 11.6 Å². The SMILES string of the molecule is CC(NC(=O)CS(=O)(=O)Cc1cccc(Br)c1)c1ccc(F)c(F)c1. The van der Waals surface area contributed by atoms with Gasteiger partial charge in [-0.05, 0) is 42.3 Å². The lowest BCUT2D eigenvalue weighted by Gasteiger charge is -2.15. The molecule has 4 nitrogen and oxygen atoms in total. The van der Waals surface area contributed by atoms with Crippen LogP contribution >= 0.6 is 15.9 Å². The van der Waals surface area contributed by atoms with Crippen LogP contribution in [0.1, 0.15) is 24.1 Å². The van der Waals surface area contributed by atoms with Crippen molar-refractivity contribution in [3.05, 3.63) is 69.7 Å². The van der Waals surface area contributed by atoms with Crippen molar-refractivity contribution in [1.29, 1.82) is 0 Å². The lowest BCUT2D eigenvalue weighted by molar-refractivity contribution is -0.119. The van der Waals surface area contributed by atoms with E-state index >= 15 is 0 Å². The molecule has 2 aromatic carbocycles. The summed E-state index contributed by atoms with van der Waals surface area (Å²) in [6.45, 7) is 1.56. The fourth-order valence-electron chi connectivity index (χ4n) is 2.28. The van der Waals surface area contributed by atoms with E-state index in [4.69, 9.17) is 0 Å². The van der Waals surface area contributed by atoms with Crippen LogP contribution in [-0.4, -0.2) is 20.1 Å². The maximum Gasteiger partial charge on any atom is 0.235 e. The fraction of sp³-hybridized carbons (Fsp3) is 0.235. The first-order chi connectivity index (χ1) is 11.7. The zero-order valence-electron chi connectivity index (χ0n) is 13.3. The minimum atomic E-state index is -3.66. The van der Waals surface area contributed by atoms with E-state index < -0.39 is 39.2 Å². The second-order valence-corrected chi connectivity index (χ2v) is 8.61. The number of hydrogen-bond donors (Lipinski definition) is 1. The lowest BCUT2D eigenvalue weighted by Crippen LogP contribution is -2.32. The summed E-state index contributed by atoms with van der Waals surface area (Å²) < 4.78 is 51.2. The first kappa shape index (κ1) is 19.5. The number of sulfone groups is 1. The zero-order chi connectivity index (χ0) is 18.6. The minimum Gasteiger partial charge on any atom is -0.349 e. The van der Waals surface area contributed by atoms with Crippen LogP contribution in [-0.2, 0) is 20.4 Å². The van der Waals surface area contributed by atoms with Crippen molar-refractivity contribution in [2.45, 2.75) is 18.7 Å². The van der Waals surface area contributed by atoms with Crippen LogP contribution in [0.5, 0.6) is 0 Å². The van der Waals surface area contributed by atoms with Crippen molar-refractivity contribution in [1.82, 2.24) is 5.32 Å². The van der Waals surface area contributed by atoms with Gasteiger partial charge in [-0.15, -0.1) is 0 Å². The minimum absolute atomic E-state index is 0.264. The molecule has 1 atom stereocenters. The van der Waals surface area contributed by atoms with Gasteiger partial charge in [-0.3, -0.25) is 4.79 Å². The van der Waals surface area contributed by atoms with Gasteiger partial charge < -0.3 is 5.32 Å². The van der Waals surface area contributed by atoms with Crippen LogP contribution in [0.15, 0.2) is 46.9 Å². The topological polar surface area (TPSA) is 63.2 Å².